The molecule has 1 amide bonds. The van der Waals surface area contributed by atoms with Crippen LogP contribution in [-0.4, -0.2) is 49.1 Å². The van der Waals surface area contributed by atoms with Crippen molar-refractivity contribution in [2.75, 3.05) is 33.4 Å². The lowest BCUT2D eigenvalue weighted by atomic mass is 9.89. The van der Waals surface area contributed by atoms with E-state index in [4.69, 9.17) is 16.3 Å². The molecule has 0 radical (unpaired) electrons. The summed E-state index contributed by atoms with van der Waals surface area (Å²) in [5.41, 5.74) is 2.49. The van der Waals surface area contributed by atoms with E-state index >= 15 is 0 Å². The first kappa shape index (κ1) is 19.4. The van der Waals surface area contributed by atoms with Gasteiger partial charge in [0.1, 0.15) is 0 Å². The Hall–Kier alpha value is -1.88. The van der Waals surface area contributed by atoms with Crippen LogP contribution in [0.2, 0.25) is 5.02 Å². The van der Waals surface area contributed by atoms with Crippen LogP contribution in [0.4, 0.5) is 0 Å². The average molecular weight is 399 g/mol. The van der Waals surface area contributed by atoms with Gasteiger partial charge in [0.15, 0.2) is 0 Å². The summed E-state index contributed by atoms with van der Waals surface area (Å²) in [7, 11) is 1.65. The van der Waals surface area contributed by atoms with Crippen LogP contribution in [0, 0.1) is 11.8 Å². The fourth-order valence-corrected chi connectivity index (χ4v) is 5.04. The highest BCUT2D eigenvalue weighted by atomic mass is 35.5. The molecule has 0 aromatic heterocycles. The zero-order chi connectivity index (χ0) is 19.5. The zero-order valence-corrected chi connectivity index (χ0v) is 17.0. The minimum Gasteiger partial charge on any atom is -0.384 e. The molecule has 0 saturated carbocycles. The molecule has 4 nitrogen and oxygen atoms in total. The molecule has 2 fully saturated rings. The number of halogens is 1. The number of likely N-dealkylation sites (tertiary alicyclic amines) is 2. The second-order valence-corrected chi connectivity index (χ2v) is 8.33. The summed E-state index contributed by atoms with van der Waals surface area (Å²) < 4.78 is 5.13. The summed E-state index contributed by atoms with van der Waals surface area (Å²) >= 11 is 6.15. The Kier molecular flexibility index (Phi) is 6.00. The molecule has 5 heteroatoms. The second kappa shape index (κ2) is 8.64. The van der Waals surface area contributed by atoms with E-state index in [1.54, 1.807) is 7.11 Å². The Labute approximate surface area is 172 Å². The van der Waals surface area contributed by atoms with Crippen molar-refractivity contribution in [1.82, 2.24) is 9.80 Å². The van der Waals surface area contributed by atoms with Crippen molar-refractivity contribution < 1.29 is 9.53 Å². The molecule has 3 atom stereocenters. The van der Waals surface area contributed by atoms with Crippen LogP contribution in [0.5, 0.6) is 0 Å². The lowest BCUT2D eigenvalue weighted by Gasteiger charge is -2.30. The number of amides is 1. The summed E-state index contributed by atoms with van der Waals surface area (Å²) in [6.07, 6.45) is 0.450. The number of fused-ring (bicyclic) bond motifs is 1. The molecular weight excluding hydrogens is 372 g/mol. The number of carbonyl (C=O) groups is 1. The number of hydrogen-bond acceptors (Lipinski definition) is 3. The lowest BCUT2D eigenvalue weighted by Crippen LogP contribution is -2.36. The quantitative estimate of drug-likeness (QED) is 0.737. The molecule has 2 aliphatic heterocycles. The fraction of sp³-hybridized carbons (Fsp3) is 0.435. The molecule has 2 saturated heterocycles. The number of nitrogens with zero attached hydrogens (tertiary/aromatic N) is 2. The maximum atomic E-state index is 12.8. The van der Waals surface area contributed by atoms with Crippen molar-refractivity contribution in [2.24, 2.45) is 11.8 Å². The maximum Gasteiger partial charge on any atom is 0.225 e. The van der Waals surface area contributed by atoms with Gasteiger partial charge in [-0.2, -0.15) is 0 Å². The molecule has 2 heterocycles. The summed E-state index contributed by atoms with van der Waals surface area (Å²) in [5.74, 6) is 1.18. The molecule has 2 aliphatic rings. The minimum atomic E-state index is 0.153. The van der Waals surface area contributed by atoms with Crippen LogP contribution < -0.4 is 0 Å². The van der Waals surface area contributed by atoms with Gasteiger partial charge in [-0.1, -0.05) is 54.1 Å². The molecule has 0 bridgehead atoms. The van der Waals surface area contributed by atoms with Crippen molar-refractivity contribution in [1.29, 1.82) is 0 Å². The number of hydrogen-bond donors (Lipinski definition) is 0. The van der Waals surface area contributed by atoms with Crippen LogP contribution in [0.3, 0.4) is 0 Å². The van der Waals surface area contributed by atoms with E-state index in [1.165, 1.54) is 11.1 Å². The van der Waals surface area contributed by atoms with Gasteiger partial charge in [0.25, 0.3) is 0 Å². The van der Waals surface area contributed by atoms with Crippen LogP contribution in [0.15, 0.2) is 54.6 Å². The predicted octanol–water partition coefficient (Wildman–Crippen LogP) is 4.01. The highest BCUT2D eigenvalue weighted by Gasteiger charge is 2.48. The van der Waals surface area contributed by atoms with E-state index in [0.29, 0.717) is 24.9 Å². The van der Waals surface area contributed by atoms with Crippen LogP contribution in [0.25, 0.3) is 0 Å². The SMILES string of the molecule is COCCC(=O)N1C[C@@H]2CN(Cc3cccc(Cl)c3)C[C@@H]2[C@H]1c1ccccc1. The van der Waals surface area contributed by atoms with Crippen LogP contribution >= 0.6 is 11.6 Å². The van der Waals surface area contributed by atoms with Crippen LogP contribution in [0.1, 0.15) is 23.6 Å². The normalized spacial score (nSPS) is 24.5. The number of carbonyl (C=O) groups excluding carboxylic acids is 1. The molecule has 4 rings (SSSR count). The summed E-state index contributed by atoms with van der Waals surface area (Å²) in [6.45, 7) is 4.25. The van der Waals surface area contributed by atoms with Crippen molar-refractivity contribution in [3.63, 3.8) is 0 Å². The van der Waals surface area contributed by atoms with Gasteiger partial charge < -0.3 is 9.64 Å². The molecule has 0 N–H and O–H groups in total. The monoisotopic (exact) mass is 398 g/mol. The van der Waals surface area contributed by atoms with E-state index in [2.05, 4.69) is 40.1 Å². The number of benzene rings is 2. The van der Waals surface area contributed by atoms with Crippen molar-refractivity contribution >= 4 is 17.5 Å². The van der Waals surface area contributed by atoms with Crippen molar-refractivity contribution in [2.45, 2.75) is 19.0 Å². The van der Waals surface area contributed by atoms with Crippen LogP contribution in [-0.2, 0) is 16.1 Å². The molecule has 0 unspecified atom stereocenters. The van der Waals surface area contributed by atoms with Gasteiger partial charge >= 0.3 is 0 Å². The Bertz CT molecular complexity index is 813. The summed E-state index contributed by atoms with van der Waals surface area (Å²) in [6, 6.07) is 18.7. The van der Waals surface area contributed by atoms with Gasteiger partial charge in [-0.05, 0) is 29.2 Å². The molecule has 2 aromatic carbocycles. The standard InChI is InChI=1S/C23H27ClN2O2/c1-28-11-10-22(27)26-15-19-14-25(13-17-6-5-9-20(24)12-17)16-21(19)23(26)18-7-3-2-4-8-18/h2-9,12,19,21,23H,10-11,13-16H2,1H3/t19-,21-,23+/m0/s1. The van der Waals surface area contributed by atoms with Crippen molar-refractivity contribution in [3.8, 4) is 0 Å². The molecule has 0 aliphatic carbocycles. The average Bonchev–Trinajstić information content (AvgIpc) is 3.24. The van der Waals surface area contributed by atoms with Gasteiger partial charge in [0.2, 0.25) is 5.91 Å². The highest BCUT2D eigenvalue weighted by molar-refractivity contribution is 6.30. The van der Waals surface area contributed by atoms with Gasteiger partial charge in [0, 0.05) is 44.2 Å². The minimum absolute atomic E-state index is 0.153. The van der Waals surface area contributed by atoms with E-state index in [-0.39, 0.29) is 11.9 Å². The molecule has 2 aromatic rings. The lowest BCUT2D eigenvalue weighted by molar-refractivity contribution is -0.133. The van der Waals surface area contributed by atoms with Gasteiger partial charge in [-0.25, -0.2) is 0 Å². The fourth-order valence-electron chi connectivity index (χ4n) is 4.83. The Balaban J connectivity index is 1.51. The van der Waals surface area contributed by atoms with Gasteiger partial charge in [-0.3, -0.25) is 9.69 Å². The topological polar surface area (TPSA) is 32.8 Å². The zero-order valence-electron chi connectivity index (χ0n) is 16.3. The van der Waals surface area contributed by atoms with Gasteiger partial charge in [-0.15, -0.1) is 0 Å². The second-order valence-electron chi connectivity index (χ2n) is 7.89. The number of methoxy groups -OCH3 is 1. The molecular formula is C23H27ClN2O2. The van der Waals surface area contributed by atoms with E-state index in [9.17, 15) is 4.79 Å². The molecule has 28 heavy (non-hydrogen) atoms. The Morgan fingerprint density at radius 1 is 1.11 bits per heavy atom. The maximum absolute atomic E-state index is 12.8. The van der Waals surface area contributed by atoms with Crippen molar-refractivity contribution in [3.05, 3.63) is 70.7 Å². The number of rotatable bonds is 6. The molecule has 0 spiro atoms. The first-order valence-corrected chi connectivity index (χ1v) is 10.3. The number of ether oxygens (including phenoxy) is 1. The van der Waals surface area contributed by atoms with E-state index < -0.39 is 0 Å². The third kappa shape index (κ3) is 4.09. The predicted molar refractivity (Wildman–Crippen MR) is 111 cm³/mol. The Morgan fingerprint density at radius 2 is 1.93 bits per heavy atom. The summed E-state index contributed by atoms with van der Waals surface area (Å²) in [4.78, 5) is 17.5. The molecule has 148 valence electrons. The third-order valence-electron chi connectivity index (χ3n) is 6.02. The summed E-state index contributed by atoms with van der Waals surface area (Å²) in [5, 5.41) is 0.786. The van der Waals surface area contributed by atoms with E-state index in [0.717, 1.165) is 31.2 Å². The van der Waals surface area contributed by atoms with Gasteiger partial charge in [0.05, 0.1) is 19.1 Å². The smallest absolute Gasteiger partial charge is 0.225 e. The first-order valence-electron chi connectivity index (χ1n) is 9.96. The third-order valence-corrected chi connectivity index (χ3v) is 6.25. The first-order chi connectivity index (χ1) is 13.7. The van der Waals surface area contributed by atoms with E-state index in [1.807, 2.05) is 24.3 Å². The largest absolute Gasteiger partial charge is 0.384 e. The Morgan fingerprint density at radius 3 is 2.68 bits per heavy atom. The highest BCUT2D eigenvalue weighted by Crippen LogP contribution is 2.45.